The fraction of sp³-hybridized carbons (Fsp3) is 0.182. The summed E-state index contributed by atoms with van der Waals surface area (Å²) in [5.74, 6) is -3.64. The van der Waals surface area contributed by atoms with Crippen molar-refractivity contribution in [2.24, 2.45) is 0 Å². The van der Waals surface area contributed by atoms with E-state index in [1.54, 1.807) is 0 Å². The molecule has 1 aromatic carbocycles. The quantitative estimate of drug-likeness (QED) is 0.724. The molecule has 1 aliphatic heterocycles. The van der Waals surface area contributed by atoms with E-state index in [4.69, 9.17) is 0 Å². The maximum atomic E-state index is 13.8. The number of amides is 2. The summed E-state index contributed by atoms with van der Waals surface area (Å²) in [5.41, 5.74) is -1.05. The van der Waals surface area contributed by atoms with Crippen LogP contribution in [0.4, 0.5) is 8.78 Å². The number of hydrogen-bond acceptors (Lipinski definition) is 3. The standard InChI is InChI=1S/C11H7F2N3O3/c12-4-1-2-5-9(8(4)13)16(11(19)14-5)6-3-7(17)15-10(6)18/h1-2,6H,3H2,(H,14,19)(H,15,17,18). The molecule has 1 saturated heterocycles. The van der Waals surface area contributed by atoms with Gasteiger partial charge < -0.3 is 4.98 Å². The SMILES string of the molecule is O=C1CC(n2c(=O)[nH]c3ccc(F)c(F)c32)C(=O)N1. The van der Waals surface area contributed by atoms with Gasteiger partial charge in [-0.25, -0.2) is 13.6 Å². The average molecular weight is 267 g/mol. The highest BCUT2D eigenvalue weighted by molar-refractivity contribution is 6.05. The van der Waals surface area contributed by atoms with E-state index in [2.05, 4.69) is 4.98 Å². The first-order valence-corrected chi connectivity index (χ1v) is 5.41. The molecule has 1 fully saturated rings. The Kier molecular flexibility index (Phi) is 2.28. The number of imidazole rings is 1. The fourth-order valence-electron chi connectivity index (χ4n) is 2.20. The second-order valence-electron chi connectivity index (χ2n) is 4.19. The minimum absolute atomic E-state index is 0.0658. The van der Waals surface area contributed by atoms with Gasteiger partial charge in [0, 0.05) is 0 Å². The van der Waals surface area contributed by atoms with Crippen LogP contribution in [0.3, 0.4) is 0 Å². The van der Waals surface area contributed by atoms with Crippen LogP contribution in [0, 0.1) is 11.6 Å². The Morgan fingerprint density at radius 2 is 1.95 bits per heavy atom. The summed E-state index contributed by atoms with van der Waals surface area (Å²) in [5, 5.41) is 2.01. The van der Waals surface area contributed by atoms with Crippen molar-refractivity contribution in [2.75, 3.05) is 0 Å². The Morgan fingerprint density at radius 1 is 1.21 bits per heavy atom. The first kappa shape index (κ1) is 11.6. The van der Waals surface area contributed by atoms with Gasteiger partial charge >= 0.3 is 5.69 Å². The van der Waals surface area contributed by atoms with Gasteiger partial charge in [-0.05, 0) is 12.1 Å². The number of rotatable bonds is 1. The lowest BCUT2D eigenvalue weighted by Crippen LogP contribution is -2.29. The smallest absolute Gasteiger partial charge is 0.305 e. The molecule has 2 aromatic rings. The van der Waals surface area contributed by atoms with Gasteiger partial charge in [-0.2, -0.15) is 0 Å². The molecular formula is C11H7F2N3O3. The Hall–Kier alpha value is -2.51. The summed E-state index contributed by atoms with van der Waals surface area (Å²) in [6.45, 7) is 0. The molecule has 0 aliphatic carbocycles. The van der Waals surface area contributed by atoms with Gasteiger partial charge in [-0.1, -0.05) is 0 Å². The molecule has 98 valence electrons. The Labute approximate surface area is 104 Å². The normalized spacial score (nSPS) is 19.2. The number of H-pyrrole nitrogens is 1. The van der Waals surface area contributed by atoms with Gasteiger partial charge in [0.1, 0.15) is 11.6 Å². The average Bonchev–Trinajstić information content (AvgIpc) is 2.84. The van der Waals surface area contributed by atoms with E-state index < -0.39 is 35.2 Å². The number of aromatic amines is 1. The summed E-state index contributed by atoms with van der Waals surface area (Å²) in [6.07, 6.45) is -0.276. The number of carbonyl (C=O) groups is 2. The van der Waals surface area contributed by atoms with E-state index in [1.165, 1.54) is 6.07 Å². The lowest BCUT2D eigenvalue weighted by Gasteiger charge is -2.08. The Morgan fingerprint density at radius 3 is 2.58 bits per heavy atom. The van der Waals surface area contributed by atoms with Crippen LogP contribution >= 0.6 is 0 Å². The predicted octanol–water partition coefficient (Wildman–Crippen LogP) is 0.195. The minimum Gasteiger partial charge on any atom is -0.305 e. The number of nitrogens with zero attached hydrogens (tertiary/aromatic N) is 1. The lowest BCUT2D eigenvalue weighted by atomic mass is 10.2. The van der Waals surface area contributed by atoms with Crippen LogP contribution in [0.15, 0.2) is 16.9 Å². The van der Waals surface area contributed by atoms with Crippen LogP contribution in [0.25, 0.3) is 11.0 Å². The molecule has 2 heterocycles. The number of imide groups is 1. The molecule has 0 radical (unpaired) electrons. The second-order valence-corrected chi connectivity index (χ2v) is 4.19. The zero-order valence-corrected chi connectivity index (χ0v) is 9.37. The number of benzene rings is 1. The minimum atomic E-state index is -1.23. The molecule has 6 nitrogen and oxygen atoms in total. The van der Waals surface area contributed by atoms with E-state index >= 15 is 0 Å². The molecular weight excluding hydrogens is 260 g/mol. The van der Waals surface area contributed by atoms with Crippen LogP contribution in [0.2, 0.25) is 0 Å². The number of nitrogens with one attached hydrogen (secondary N) is 2. The molecule has 19 heavy (non-hydrogen) atoms. The maximum Gasteiger partial charge on any atom is 0.327 e. The number of carbonyl (C=O) groups excluding carboxylic acids is 2. The predicted molar refractivity (Wildman–Crippen MR) is 59.3 cm³/mol. The highest BCUT2D eigenvalue weighted by atomic mass is 19.2. The van der Waals surface area contributed by atoms with Crippen LogP contribution in [0.5, 0.6) is 0 Å². The number of halogens is 2. The molecule has 0 spiro atoms. The van der Waals surface area contributed by atoms with Crippen molar-refractivity contribution in [3.63, 3.8) is 0 Å². The van der Waals surface area contributed by atoms with Crippen molar-refractivity contribution in [1.82, 2.24) is 14.9 Å². The summed E-state index contributed by atoms with van der Waals surface area (Å²) in [7, 11) is 0. The van der Waals surface area contributed by atoms with Crippen molar-refractivity contribution >= 4 is 22.8 Å². The maximum absolute atomic E-state index is 13.8. The van der Waals surface area contributed by atoms with Crippen molar-refractivity contribution in [3.8, 4) is 0 Å². The number of aromatic nitrogens is 2. The molecule has 3 rings (SSSR count). The summed E-state index contributed by atoms with van der Waals surface area (Å²) >= 11 is 0. The molecule has 1 atom stereocenters. The third kappa shape index (κ3) is 1.56. The third-order valence-electron chi connectivity index (χ3n) is 3.03. The topological polar surface area (TPSA) is 84.0 Å². The van der Waals surface area contributed by atoms with E-state index in [0.717, 1.165) is 10.6 Å². The zero-order valence-electron chi connectivity index (χ0n) is 9.37. The van der Waals surface area contributed by atoms with Crippen molar-refractivity contribution in [2.45, 2.75) is 12.5 Å². The summed E-state index contributed by atoms with van der Waals surface area (Å²) in [4.78, 5) is 36.8. The van der Waals surface area contributed by atoms with Gasteiger partial charge in [0.25, 0.3) is 0 Å². The summed E-state index contributed by atoms with van der Waals surface area (Å²) < 4.78 is 27.8. The number of hydrogen-bond donors (Lipinski definition) is 2. The Balaban J connectivity index is 2.32. The van der Waals surface area contributed by atoms with Gasteiger partial charge in [0.15, 0.2) is 11.6 Å². The first-order valence-electron chi connectivity index (χ1n) is 5.41. The van der Waals surface area contributed by atoms with Gasteiger partial charge in [-0.3, -0.25) is 19.5 Å². The molecule has 2 N–H and O–H groups in total. The van der Waals surface area contributed by atoms with E-state index in [1.807, 2.05) is 5.32 Å². The largest absolute Gasteiger partial charge is 0.327 e. The van der Waals surface area contributed by atoms with Crippen molar-refractivity contribution < 1.29 is 18.4 Å². The third-order valence-corrected chi connectivity index (χ3v) is 3.03. The molecule has 1 unspecified atom stereocenters. The van der Waals surface area contributed by atoms with Gasteiger partial charge in [0.05, 0.1) is 11.9 Å². The van der Waals surface area contributed by atoms with Crippen LogP contribution in [-0.2, 0) is 9.59 Å². The van der Waals surface area contributed by atoms with Crippen molar-refractivity contribution in [1.29, 1.82) is 0 Å². The van der Waals surface area contributed by atoms with E-state index in [9.17, 15) is 23.2 Å². The van der Waals surface area contributed by atoms with Crippen LogP contribution < -0.4 is 11.0 Å². The van der Waals surface area contributed by atoms with E-state index in [-0.39, 0.29) is 17.5 Å². The Bertz CT molecular complexity index is 777. The zero-order chi connectivity index (χ0) is 13.7. The molecule has 2 amide bonds. The van der Waals surface area contributed by atoms with Gasteiger partial charge in [-0.15, -0.1) is 0 Å². The van der Waals surface area contributed by atoms with E-state index in [0.29, 0.717) is 0 Å². The molecule has 1 aromatic heterocycles. The molecule has 8 heteroatoms. The van der Waals surface area contributed by atoms with Crippen LogP contribution in [0.1, 0.15) is 12.5 Å². The van der Waals surface area contributed by atoms with Crippen molar-refractivity contribution in [3.05, 3.63) is 34.3 Å². The second kappa shape index (κ2) is 3.74. The molecule has 1 aliphatic rings. The molecule has 0 bridgehead atoms. The number of fused-ring (bicyclic) bond motifs is 1. The lowest BCUT2D eigenvalue weighted by molar-refractivity contribution is -0.125. The van der Waals surface area contributed by atoms with Gasteiger partial charge in [0.2, 0.25) is 11.8 Å². The highest BCUT2D eigenvalue weighted by Crippen LogP contribution is 2.24. The first-order chi connectivity index (χ1) is 8.99. The fourth-order valence-corrected chi connectivity index (χ4v) is 2.20. The monoisotopic (exact) mass is 267 g/mol. The summed E-state index contributed by atoms with van der Waals surface area (Å²) in [6, 6.07) is 0.906. The molecule has 0 saturated carbocycles. The highest BCUT2D eigenvalue weighted by Gasteiger charge is 2.35. The van der Waals surface area contributed by atoms with Crippen LogP contribution in [-0.4, -0.2) is 21.4 Å².